The first-order valence-electron chi connectivity index (χ1n) is 9.03. The first kappa shape index (κ1) is 19.7. The van der Waals surface area contributed by atoms with Crippen LogP contribution in [0.2, 0.25) is 0 Å². The molecule has 4 aromatic rings. The number of fused-ring (bicyclic) bond motifs is 1. The van der Waals surface area contributed by atoms with E-state index in [9.17, 15) is 13.2 Å². The molecular formula is C21H18N4O4S. The van der Waals surface area contributed by atoms with Gasteiger partial charge in [-0.25, -0.2) is 18.5 Å². The summed E-state index contributed by atoms with van der Waals surface area (Å²) in [6, 6.07) is 17.6. The van der Waals surface area contributed by atoms with E-state index in [4.69, 9.17) is 9.66 Å². The van der Waals surface area contributed by atoms with Gasteiger partial charge in [-0.05, 0) is 30.7 Å². The van der Waals surface area contributed by atoms with Crippen molar-refractivity contribution in [1.82, 2.24) is 10.1 Å². The second-order valence-corrected chi connectivity index (χ2v) is 8.45. The normalized spacial score (nSPS) is 11.5. The summed E-state index contributed by atoms with van der Waals surface area (Å²) in [6.07, 6.45) is 0. The molecule has 3 N–H and O–H groups in total. The van der Waals surface area contributed by atoms with Crippen LogP contribution in [0.15, 0.2) is 65.2 Å². The number of hydrogen-bond donors (Lipinski definition) is 2. The number of aromatic nitrogens is 2. The highest BCUT2D eigenvalue weighted by Gasteiger charge is 2.19. The van der Waals surface area contributed by atoms with Crippen LogP contribution in [-0.2, 0) is 15.8 Å². The minimum absolute atomic E-state index is 0.266. The van der Waals surface area contributed by atoms with Crippen molar-refractivity contribution in [2.24, 2.45) is 5.14 Å². The highest BCUT2D eigenvalue weighted by Crippen LogP contribution is 2.27. The number of benzene rings is 2. The van der Waals surface area contributed by atoms with Crippen LogP contribution in [0.5, 0.6) is 0 Å². The van der Waals surface area contributed by atoms with Crippen LogP contribution in [0.25, 0.3) is 22.4 Å². The van der Waals surface area contributed by atoms with Gasteiger partial charge in [0.05, 0.1) is 28.1 Å². The van der Waals surface area contributed by atoms with E-state index >= 15 is 0 Å². The summed E-state index contributed by atoms with van der Waals surface area (Å²) >= 11 is 0. The molecule has 0 aliphatic rings. The van der Waals surface area contributed by atoms with Gasteiger partial charge in [0.25, 0.3) is 11.6 Å². The predicted octanol–water partition coefficient (Wildman–Crippen LogP) is 3.24. The Labute approximate surface area is 172 Å². The SMILES string of the molecule is Cc1noc2nc(-c3ccccc3)cc(C(=O)Nc3cccc(CS(N)(=O)=O)c3)c12. The monoisotopic (exact) mass is 422 g/mol. The fourth-order valence-electron chi connectivity index (χ4n) is 3.20. The lowest BCUT2D eigenvalue weighted by Crippen LogP contribution is -2.15. The number of rotatable bonds is 5. The van der Waals surface area contributed by atoms with Crippen molar-refractivity contribution >= 4 is 32.7 Å². The molecule has 0 aliphatic heterocycles. The van der Waals surface area contributed by atoms with Crippen LogP contribution in [0.3, 0.4) is 0 Å². The van der Waals surface area contributed by atoms with E-state index in [-0.39, 0.29) is 11.5 Å². The first-order valence-corrected chi connectivity index (χ1v) is 10.7. The van der Waals surface area contributed by atoms with Gasteiger partial charge in [-0.3, -0.25) is 4.79 Å². The molecule has 0 bridgehead atoms. The highest BCUT2D eigenvalue weighted by atomic mass is 32.2. The number of nitrogens with zero attached hydrogens (tertiary/aromatic N) is 2. The number of aryl methyl sites for hydroxylation is 1. The van der Waals surface area contributed by atoms with E-state index in [1.165, 1.54) is 0 Å². The lowest BCUT2D eigenvalue weighted by molar-refractivity contribution is 0.102. The summed E-state index contributed by atoms with van der Waals surface area (Å²) in [4.78, 5) is 17.6. The number of anilines is 1. The molecular weight excluding hydrogens is 404 g/mol. The standard InChI is InChI=1S/C21H18N4O4S/c1-13-19-17(11-18(24-21(19)29-25-13)15-7-3-2-4-8-15)20(26)23-16-9-5-6-14(10-16)12-30(22,27)28/h2-11H,12H2,1H3,(H,23,26)(H2,22,27,28). The van der Waals surface area contributed by atoms with Crippen LogP contribution in [-0.4, -0.2) is 24.5 Å². The van der Waals surface area contributed by atoms with Crippen molar-refractivity contribution < 1.29 is 17.7 Å². The Morgan fingerprint density at radius 2 is 1.87 bits per heavy atom. The number of hydrogen-bond acceptors (Lipinski definition) is 6. The minimum Gasteiger partial charge on any atom is -0.335 e. The molecule has 0 fully saturated rings. The predicted molar refractivity (Wildman–Crippen MR) is 113 cm³/mol. The van der Waals surface area contributed by atoms with Crippen molar-refractivity contribution in [2.45, 2.75) is 12.7 Å². The smallest absolute Gasteiger partial charge is 0.259 e. The number of sulfonamides is 1. The molecule has 0 unspecified atom stereocenters. The van der Waals surface area contributed by atoms with Gasteiger partial charge in [0.1, 0.15) is 0 Å². The maximum atomic E-state index is 13.1. The number of amides is 1. The number of carbonyl (C=O) groups is 1. The molecule has 4 rings (SSSR count). The Morgan fingerprint density at radius 3 is 2.60 bits per heavy atom. The van der Waals surface area contributed by atoms with E-state index in [2.05, 4.69) is 15.5 Å². The summed E-state index contributed by atoms with van der Waals surface area (Å²) in [7, 11) is -3.68. The van der Waals surface area contributed by atoms with E-state index in [1.807, 2.05) is 30.3 Å². The van der Waals surface area contributed by atoms with Gasteiger partial charge in [-0.15, -0.1) is 0 Å². The summed E-state index contributed by atoms with van der Waals surface area (Å²) in [5.41, 5.74) is 3.49. The van der Waals surface area contributed by atoms with Crippen LogP contribution >= 0.6 is 0 Å². The molecule has 0 saturated heterocycles. The number of primary sulfonamides is 1. The molecule has 0 saturated carbocycles. The van der Waals surface area contributed by atoms with Gasteiger partial charge in [0, 0.05) is 11.3 Å². The Hall–Kier alpha value is -3.56. The molecule has 1 amide bonds. The molecule has 0 atom stereocenters. The number of nitrogens with two attached hydrogens (primary N) is 1. The Morgan fingerprint density at radius 1 is 1.10 bits per heavy atom. The lowest BCUT2D eigenvalue weighted by Gasteiger charge is -2.09. The number of carbonyl (C=O) groups excluding carboxylic acids is 1. The average Bonchev–Trinajstić information content (AvgIpc) is 3.08. The topological polar surface area (TPSA) is 128 Å². The highest BCUT2D eigenvalue weighted by molar-refractivity contribution is 7.88. The number of nitrogens with one attached hydrogen (secondary N) is 1. The quantitative estimate of drug-likeness (QED) is 0.508. The third-order valence-corrected chi connectivity index (χ3v) is 5.22. The molecule has 0 radical (unpaired) electrons. The second-order valence-electron chi connectivity index (χ2n) is 6.83. The summed E-state index contributed by atoms with van der Waals surface area (Å²) in [6.45, 7) is 1.74. The van der Waals surface area contributed by atoms with E-state index < -0.39 is 15.9 Å². The van der Waals surface area contributed by atoms with Gasteiger partial charge in [-0.2, -0.15) is 0 Å². The van der Waals surface area contributed by atoms with Gasteiger partial charge < -0.3 is 9.84 Å². The largest absolute Gasteiger partial charge is 0.335 e. The molecule has 2 aromatic heterocycles. The lowest BCUT2D eigenvalue weighted by atomic mass is 10.0. The van der Waals surface area contributed by atoms with Crippen molar-refractivity contribution in [1.29, 1.82) is 0 Å². The van der Waals surface area contributed by atoms with E-state index in [0.29, 0.717) is 33.6 Å². The zero-order valence-corrected chi connectivity index (χ0v) is 16.8. The van der Waals surface area contributed by atoms with E-state index in [1.54, 1.807) is 37.3 Å². The Kier molecular flexibility index (Phi) is 5.06. The molecule has 9 heteroatoms. The molecule has 0 aliphatic carbocycles. The first-order chi connectivity index (χ1) is 14.3. The van der Waals surface area contributed by atoms with Crippen molar-refractivity contribution in [3.8, 4) is 11.3 Å². The molecule has 0 spiro atoms. The maximum Gasteiger partial charge on any atom is 0.259 e. The summed E-state index contributed by atoms with van der Waals surface area (Å²) in [5.74, 6) is -0.710. The number of pyridine rings is 1. The van der Waals surface area contributed by atoms with Crippen LogP contribution < -0.4 is 10.5 Å². The van der Waals surface area contributed by atoms with Crippen molar-refractivity contribution in [2.75, 3.05) is 5.32 Å². The van der Waals surface area contributed by atoms with E-state index in [0.717, 1.165) is 5.56 Å². The second kappa shape index (κ2) is 7.69. The third kappa shape index (κ3) is 4.22. The molecule has 2 aromatic carbocycles. The van der Waals surface area contributed by atoms with Gasteiger partial charge in [0.2, 0.25) is 10.0 Å². The summed E-state index contributed by atoms with van der Waals surface area (Å²) in [5, 5.41) is 12.4. The average molecular weight is 422 g/mol. The molecule has 30 heavy (non-hydrogen) atoms. The molecule has 152 valence electrons. The van der Waals surface area contributed by atoms with Gasteiger partial charge >= 0.3 is 0 Å². The van der Waals surface area contributed by atoms with Crippen LogP contribution in [0.1, 0.15) is 21.6 Å². The Bertz CT molecular complexity index is 1350. The summed E-state index contributed by atoms with van der Waals surface area (Å²) < 4.78 is 28.0. The molecule has 8 nitrogen and oxygen atoms in total. The minimum atomic E-state index is -3.68. The van der Waals surface area contributed by atoms with Crippen LogP contribution in [0.4, 0.5) is 5.69 Å². The van der Waals surface area contributed by atoms with Gasteiger partial charge in [0.15, 0.2) is 0 Å². The van der Waals surface area contributed by atoms with Crippen molar-refractivity contribution in [3.05, 3.63) is 77.5 Å². The molecule has 2 heterocycles. The zero-order valence-electron chi connectivity index (χ0n) is 16.0. The maximum absolute atomic E-state index is 13.1. The fourth-order valence-corrected chi connectivity index (χ4v) is 3.84. The fraction of sp³-hybridized carbons (Fsp3) is 0.0952. The van der Waals surface area contributed by atoms with Gasteiger partial charge in [-0.1, -0.05) is 47.6 Å². The zero-order chi connectivity index (χ0) is 21.3. The van der Waals surface area contributed by atoms with Crippen molar-refractivity contribution in [3.63, 3.8) is 0 Å². The third-order valence-electron chi connectivity index (χ3n) is 4.48. The Balaban J connectivity index is 1.73. The van der Waals surface area contributed by atoms with Crippen LogP contribution in [0, 0.1) is 6.92 Å².